The van der Waals surface area contributed by atoms with Gasteiger partial charge in [-0.1, -0.05) is 0 Å². The fraction of sp³-hybridized carbons (Fsp3) is 0.357. The van der Waals surface area contributed by atoms with Gasteiger partial charge in [-0.25, -0.2) is 9.37 Å². The van der Waals surface area contributed by atoms with E-state index in [-0.39, 0.29) is 11.2 Å². The van der Waals surface area contributed by atoms with Crippen LogP contribution in [0.5, 0.6) is 0 Å². The van der Waals surface area contributed by atoms with Gasteiger partial charge < -0.3 is 5.73 Å². The van der Waals surface area contributed by atoms with Gasteiger partial charge in [0.1, 0.15) is 10.8 Å². The molecule has 0 unspecified atom stereocenters. The number of aromatic nitrogens is 1. The zero-order valence-corrected chi connectivity index (χ0v) is 11.1. The highest BCUT2D eigenvalue weighted by Crippen LogP contribution is 2.51. The van der Waals surface area contributed by atoms with Crippen LogP contribution >= 0.6 is 11.3 Å². The Morgan fingerprint density at radius 2 is 2.00 bits per heavy atom. The molecular formula is C14H15FN2S. The number of thiazole rings is 1. The quantitative estimate of drug-likeness (QED) is 0.922. The summed E-state index contributed by atoms with van der Waals surface area (Å²) in [7, 11) is 0. The van der Waals surface area contributed by atoms with Crippen molar-refractivity contribution < 1.29 is 4.39 Å². The Morgan fingerprint density at radius 1 is 1.33 bits per heavy atom. The van der Waals surface area contributed by atoms with Crippen molar-refractivity contribution in [3.05, 3.63) is 40.7 Å². The zero-order chi connectivity index (χ0) is 12.8. The Kier molecular flexibility index (Phi) is 2.72. The second kappa shape index (κ2) is 4.14. The molecule has 0 radical (unpaired) electrons. The molecule has 4 heteroatoms. The normalized spacial score (nSPS) is 16.8. The van der Waals surface area contributed by atoms with E-state index in [2.05, 4.69) is 4.98 Å². The van der Waals surface area contributed by atoms with E-state index in [0.29, 0.717) is 6.54 Å². The van der Waals surface area contributed by atoms with Crippen LogP contribution in [0, 0.1) is 12.7 Å². The van der Waals surface area contributed by atoms with E-state index in [1.165, 1.54) is 17.0 Å². The number of aryl methyl sites for hydroxylation is 1. The molecule has 0 amide bonds. The standard InChI is InChI=1S/C14H15FN2S/c1-9-12(14(8-16)6-7-14)18-13(17-9)10-2-4-11(15)5-3-10/h2-5H,6-8,16H2,1H3. The molecule has 1 aromatic heterocycles. The lowest BCUT2D eigenvalue weighted by Crippen LogP contribution is -2.19. The number of nitrogens with two attached hydrogens (primary N) is 1. The van der Waals surface area contributed by atoms with Gasteiger partial charge in [0.25, 0.3) is 0 Å². The Labute approximate surface area is 110 Å². The van der Waals surface area contributed by atoms with E-state index >= 15 is 0 Å². The number of hydrogen-bond donors (Lipinski definition) is 1. The van der Waals surface area contributed by atoms with Crippen LogP contribution in [0.15, 0.2) is 24.3 Å². The summed E-state index contributed by atoms with van der Waals surface area (Å²) >= 11 is 1.70. The Bertz CT molecular complexity index is 570. The van der Waals surface area contributed by atoms with Crippen LogP contribution in [0.2, 0.25) is 0 Å². The second-order valence-electron chi connectivity index (χ2n) is 4.92. The largest absolute Gasteiger partial charge is 0.330 e. The minimum Gasteiger partial charge on any atom is -0.330 e. The first-order valence-electron chi connectivity index (χ1n) is 6.08. The predicted octanol–water partition coefficient (Wildman–Crippen LogP) is 3.25. The molecule has 1 aliphatic carbocycles. The molecule has 0 aliphatic heterocycles. The fourth-order valence-electron chi connectivity index (χ4n) is 2.28. The topological polar surface area (TPSA) is 38.9 Å². The van der Waals surface area contributed by atoms with Crippen molar-refractivity contribution in [3.63, 3.8) is 0 Å². The van der Waals surface area contributed by atoms with Crippen LogP contribution in [-0.4, -0.2) is 11.5 Å². The highest BCUT2D eigenvalue weighted by molar-refractivity contribution is 7.15. The number of halogens is 1. The third kappa shape index (κ3) is 1.85. The third-order valence-electron chi connectivity index (χ3n) is 3.61. The Morgan fingerprint density at radius 3 is 2.56 bits per heavy atom. The number of hydrogen-bond acceptors (Lipinski definition) is 3. The molecule has 1 fully saturated rings. The summed E-state index contributed by atoms with van der Waals surface area (Å²) in [5.74, 6) is -0.215. The van der Waals surface area contributed by atoms with Crippen LogP contribution in [0.4, 0.5) is 4.39 Å². The van der Waals surface area contributed by atoms with Crippen molar-refractivity contribution in [3.8, 4) is 10.6 Å². The van der Waals surface area contributed by atoms with Gasteiger partial charge in [-0.2, -0.15) is 0 Å². The predicted molar refractivity (Wildman–Crippen MR) is 72.2 cm³/mol. The van der Waals surface area contributed by atoms with Gasteiger partial charge in [0.15, 0.2) is 0 Å². The molecule has 2 nitrogen and oxygen atoms in total. The Hall–Kier alpha value is -1.26. The van der Waals surface area contributed by atoms with Crippen LogP contribution in [-0.2, 0) is 5.41 Å². The lowest BCUT2D eigenvalue weighted by molar-refractivity contribution is 0.628. The summed E-state index contributed by atoms with van der Waals surface area (Å²) in [6.07, 6.45) is 2.32. The van der Waals surface area contributed by atoms with Crippen LogP contribution in [0.1, 0.15) is 23.4 Å². The molecule has 1 heterocycles. The number of rotatable bonds is 3. The van der Waals surface area contributed by atoms with Gasteiger partial charge in [0.2, 0.25) is 0 Å². The minimum atomic E-state index is -0.215. The SMILES string of the molecule is Cc1nc(-c2ccc(F)cc2)sc1C1(CN)CC1. The van der Waals surface area contributed by atoms with Gasteiger partial charge in [0, 0.05) is 22.4 Å². The summed E-state index contributed by atoms with van der Waals surface area (Å²) in [5.41, 5.74) is 8.09. The van der Waals surface area contributed by atoms with Crippen LogP contribution in [0.3, 0.4) is 0 Å². The summed E-state index contributed by atoms with van der Waals surface area (Å²) in [6, 6.07) is 6.50. The first-order chi connectivity index (χ1) is 8.64. The summed E-state index contributed by atoms with van der Waals surface area (Å²) < 4.78 is 12.9. The lowest BCUT2D eigenvalue weighted by Gasteiger charge is -2.09. The molecular weight excluding hydrogens is 247 g/mol. The van der Waals surface area contributed by atoms with Crippen LogP contribution in [0.25, 0.3) is 10.6 Å². The van der Waals surface area contributed by atoms with Crippen molar-refractivity contribution >= 4 is 11.3 Å². The van der Waals surface area contributed by atoms with Crippen molar-refractivity contribution in [1.82, 2.24) is 4.98 Å². The van der Waals surface area contributed by atoms with Gasteiger partial charge in [0.05, 0.1) is 5.69 Å². The average molecular weight is 262 g/mol. The Balaban J connectivity index is 2.00. The summed E-state index contributed by atoms with van der Waals surface area (Å²) in [6.45, 7) is 2.73. The molecule has 1 aliphatic rings. The van der Waals surface area contributed by atoms with Gasteiger partial charge in [-0.15, -0.1) is 11.3 Å². The van der Waals surface area contributed by atoms with E-state index in [4.69, 9.17) is 5.73 Å². The first-order valence-corrected chi connectivity index (χ1v) is 6.90. The van der Waals surface area contributed by atoms with Crippen molar-refractivity contribution in [2.75, 3.05) is 6.54 Å². The van der Waals surface area contributed by atoms with Gasteiger partial charge in [-0.3, -0.25) is 0 Å². The molecule has 2 N–H and O–H groups in total. The number of nitrogens with zero attached hydrogens (tertiary/aromatic N) is 1. The molecule has 94 valence electrons. The maximum atomic E-state index is 12.9. The molecule has 0 atom stereocenters. The third-order valence-corrected chi connectivity index (χ3v) is 5.07. The molecule has 1 aromatic carbocycles. The fourth-order valence-corrected chi connectivity index (χ4v) is 3.61. The highest BCUT2D eigenvalue weighted by Gasteiger charge is 2.45. The molecule has 0 saturated heterocycles. The van der Waals surface area contributed by atoms with E-state index in [1.807, 2.05) is 6.92 Å². The molecule has 0 spiro atoms. The van der Waals surface area contributed by atoms with Crippen molar-refractivity contribution in [1.29, 1.82) is 0 Å². The van der Waals surface area contributed by atoms with Crippen LogP contribution < -0.4 is 5.73 Å². The lowest BCUT2D eigenvalue weighted by atomic mass is 10.0. The smallest absolute Gasteiger partial charge is 0.123 e. The van der Waals surface area contributed by atoms with Crippen molar-refractivity contribution in [2.24, 2.45) is 5.73 Å². The molecule has 2 aromatic rings. The summed E-state index contributed by atoms with van der Waals surface area (Å²) in [5, 5.41) is 0.960. The molecule has 0 bridgehead atoms. The number of benzene rings is 1. The second-order valence-corrected chi connectivity index (χ2v) is 5.92. The monoisotopic (exact) mass is 262 g/mol. The van der Waals surface area contributed by atoms with Gasteiger partial charge in [-0.05, 0) is 44.0 Å². The maximum absolute atomic E-state index is 12.9. The van der Waals surface area contributed by atoms with Gasteiger partial charge >= 0.3 is 0 Å². The average Bonchev–Trinajstić information content (AvgIpc) is 3.08. The summed E-state index contributed by atoms with van der Waals surface area (Å²) in [4.78, 5) is 5.91. The molecule has 18 heavy (non-hydrogen) atoms. The zero-order valence-electron chi connectivity index (χ0n) is 10.2. The van der Waals surface area contributed by atoms with E-state index in [0.717, 1.165) is 29.1 Å². The maximum Gasteiger partial charge on any atom is 0.123 e. The molecule has 1 saturated carbocycles. The molecule has 3 rings (SSSR count). The highest BCUT2D eigenvalue weighted by atomic mass is 32.1. The van der Waals surface area contributed by atoms with E-state index < -0.39 is 0 Å². The minimum absolute atomic E-state index is 0.181. The van der Waals surface area contributed by atoms with Crippen molar-refractivity contribution in [2.45, 2.75) is 25.2 Å². The van der Waals surface area contributed by atoms with E-state index in [1.54, 1.807) is 23.5 Å². The first kappa shape index (κ1) is 11.8. The van der Waals surface area contributed by atoms with E-state index in [9.17, 15) is 4.39 Å².